The van der Waals surface area contributed by atoms with Gasteiger partial charge in [0, 0.05) is 49.5 Å². The first-order valence-corrected chi connectivity index (χ1v) is 11.6. The van der Waals surface area contributed by atoms with Gasteiger partial charge in [0.15, 0.2) is 0 Å². The van der Waals surface area contributed by atoms with Crippen molar-refractivity contribution >= 4 is 17.4 Å². The zero-order chi connectivity index (χ0) is 25.6. The molecule has 0 spiro atoms. The average molecular weight is 508 g/mol. The molecule has 5 rings (SSSR count). The van der Waals surface area contributed by atoms with Crippen LogP contribution < -0.4 is 16.3 Å². The molecular formula is C26H23ClFN5O3. The molecule has 36 heavy (non-hydrogen) atoms. The van der Waals surface area contributed by atoms with Crippen molar-refractivity contribution in [1.29, 1.82) is 0 Å². The lowest BCUT2D eigenvalue weighted by atomic mass is 9.97. The highest BCUT2D eigenvalue weighted by Crippen LogP contribution is 2.41. The van der Waals surface area contributed by atoms with Crippen LogP contribution in [-0.2, 0) is 7.05 Å². The number of aliphatic hydroxyl groups is 1. The van der Waals surface area contributed by atoms with Gasteiger partial charge in [-0.1, -0.05) is 17.7 Å². The van der Waals surface area contributed by atoms with Crippen molar-refractivity contribution in [3.8, 4) is 33.7 Å². The SMILES string of the molecule is Cn1ccn(-c2ccc(-c3cc(F)cc(-c4ccnc(N5C=C(N)[C@H](O)CC5)c4)c3O)cc2Cl)c1=O. The van der Waals surface area contributed by atoms with Crippen molar-refractivity contribution in [2.24, 2.45) is 12.8 Å². The lowest BCUT2D eigenvalue weighted by Crippen LogP contribution is -2.33. The number of hydrogen-bond donors (Lipinski definition) is 3. The summed E-state index contributed by atoms with van der Waals surface area (Å²) in [6, 6.07) is 10.8. The number of anilines is 1. The van der Waals surface area contributed by atoms with Crippen LogP contribution >= 0.6 is 11.6 Å². The summed E-state index contributed by atoms with van der Waals surface area (Å²) in [6.07, 6.45) is 6.17. The number of imidazole rings is 1. The molecule has 0 saturated carbocycles. The van der Waals surface area contributed by atoms with E-state index in [1.807, 2.05) is 0 Å². The Kier molecular flexibility index (Phi) is 6.03. The summed E-state index contributed by atoms with van der Waals surface area (Å²) in [7, 11) is 1.64. The third kappa shape index (κ3) is 4.23. The smallest absolute Gasteiger partial charge is 0.332 e. The second kappa shape index (κ2) is 9.18. The van der Waals surface area contributed by atoms with E-state index in [0.29, 0.717) is 41.3 Å². The number of halogens is 2. The van der Waals surface area contributed by atoms with Crippen molar-refractivity contribution in [2.75, 3.05) is 11.4 Å². The third-order valence-electron chi connectivity index (χ3n) is 6.22. The summed E-state index contributed by atoms with van der Waals surface area (Å²) in [4.78, 5) is 18.5. The van der Waals surface area contributed by atoms with Crippen molar-refractivity contribution in [3.63, 3.8) is 0 Å². The largest absolute Gasteiger partial charge is 0.507 e. The number of aryl methyl sites for hydroxylation is 1. The van der Waals surface area contributed by atoms with Gasteiger partial charge in [-0.25, -0.2) is 14.2 Å². The van der Waals surface area contributed by atoms with Crippen molar-refractivity contribution < 1.29 is 14.6 Å². The van der Waals surface area contributed by atoms with Crippen LogP contribution in [0.25, 0.3) is 27.9 Å². The van der Waals surface area contributed by atoms with Gasteiger partial charge in [-0.2, -0.15) is 0 Å². The van der Waals surface area contributed by atoms with Crippen LogP contribution in [0.2, 0.25) is 5.02 Å². The first-order valence-electron chi connectivity index (χ1n) is 11.2. The molecule has 3 heterocycles. The highest BCUT2D eigenvalue weighted by atomic mass is 35.5. The Morgan fingerprint density at radius 1 is 1.11 bits per heavy atom. The monoisotopic (exact) mass is 507 g/mol. The van der Waals surface area contributed by atoms with Crippen LogP contribution in [0.3, 0.4) is 0 Å². The summed E-state index contributed by atoms with van der Waals surface area (Å²) >= 11 is 6.48. The highest BCUT2D eigenvalue weighted by Gasteiger charge is 2.20. The molecule has 2 aromatic heterocycles. The van der Waals surface area contributed by atoms with Gasteiger partial charge >= 0.3 is 5.69 Å². The Morgan fingerprint density at radius 2 is 1.83 bits per heavy atom. The van der Waals surface area contributed by atoms with Gasteiger partial charge in [0.2, 0.25) is 0 Å². The van der Waals surface area contributed by atoms with Crippen LogP contribution in [0, 0.1) is 5.82 Å². The van der Waals surface area contributed by atoms with Crippen LogP contribution in [0.4, 0.5) is 10.2 Å². The number of aromatic hydroxyl groups is 1. The fraction of sp³-hybridized carbons (Fsp3) is 0.154. The molecule has 8 nitrogen and oxygen atoms in total. The van der Waals surface area contributed by atoms with E-state index in [0.717, 1.165) is 0 Å². The predicted octanol–water partition coefficient (Wildman–Crippen LogP) is 3.77. The fourth-order valence-electron chi connectivity index (χ4n) is 4.24. The predicted molar refractivity (Wildman–Crippen MR) is 137 cm³/mol. The lowest BCUT2D eigenvalue weighted by molar-refractivity contribution is 0.195. The Bertz CT molecular complexity index is 1560. The number of rotatable bonds is 4. The molecule has 1 aliphatic rings. The molecule has 0 amide bonds. The minimum atomic E-state index is -0.696. The zero-order valence-corrected chi connectivity index (χ0v) is 20.0. The molecule has 0 aliphatic carbocycles. The average Bonchev–Trinajstić information content (AvgIpc) is 3.20. The molecule has 184 valence electrons. The maximum atomic E-state index is 14.8. The maximum absolute atomic E-state index is 14.8. The lowest BCUT2D eigenvalue weighted by Gasteiger charge is -2.27. The van der Waals surface area contributed by atoms with Crippen LogP contribution in [-0.4, -0.2) is 37.0 Å². The normalized spacial score (nSPS) is 15.7. The molecule has 0 saturated heterocycles. The van der Waals surface area contributed by atoms with E-state index in [-0.39, 0.29) is 27.6 Å². The third-order valence-corrected chi connectivity index (χ3v) is 6.53. The standard InChI is InChI=1S/C26H23ClFN5O3/c1-31-8-9-33(26(31)36)22-3-2-15(10-20(22)27)18-12-17(28)13-19(25(18)35)16-4-6-30-24(11-16)32-7-5-23(34)21(29)14-32/h2-4,6,8-14,23,34-35H,5,7,29H2,1H3/t23-/m1/s1. The Labute approximate surface area is 210 Å². The molecule has 0 radical (unpaired) electrons. The topological polar surface area (TPSA) is 110 Å². The molecule has 0 fully saturated rings. The number of aliphatic hydroxyl groups excluding tert-OH is 1. The van der Waals surface area contributed by atoms with E-state index in [1.54, 1.807) is 67.1 Å². The van der Waals surface area contributed by atoms with Gasteiger partial charge < -0.3 is 25.4 Å². The van der Waals surface area contributed by atoms with Crippen molar-refractivity contribution in [2.45, 2.75) is 12.5 Å². The van der Waals surface area contributed by atoms with E-state index in [4.69, 9.17) is 17.3 Å². The molecule has 1 aliphatic heterocycles. The summed E-state index contributed by atoms with van der Waals surface area (Å²) in [5.41, 5.74) is 8.00. The number of hydrogen-bond acceptors (Lipinski definition) is 6. The minimum Gasteiger partial charge on any atom is -0.507 e. The molecule has 4 N–H and O–H groups in total. The van der Waals surface area contributed by atoms with Gasteiger partial charge in [0.1, 0.15) is 17.4 Å². The van der Waals surface area contributed by atoms with Crippen molar-refractivity contribution in [3.05, 3.63) is 94.3 Å². The summed E-state index contributed by atoms with van der Waals surface area (Å²) in [6.45, 7) is 0.508. The number of phenolic OH excluding ortho intramolecular Hbond substituents is 1. The van der Waals surface area contributed by atoms with Gasteiger partial charge in [-0.3, -0.25) is 4.57 Å². The molecule has 4 aromatic rings. The zero-order valence-electron chi connectivity index (χ0n) is 19.3. The summed E-state index contributed by atoms with van der Waals surface area (Å²) < 4.78 is 17.6. The Hall–Kier alpha value is -4.08. The van der Waals surface area contributed by atoms with Gasteiger partial charge in [0.25, 0.3) is 0 Å². The molecule has 0 bridgehead atoms. The number of phenols is 1. The molecule has 2 aromatic carbocycles. The van der Waals surface area contributed by atoms with Gasteiger partial charge in [-0.05, 0) is 53.9 Å². The van der Waals surface area contributed by atoms with Gasteiger partial charge in [0.05, 0.1) is 22.5 Å². The molecular weight excluding hydrogens is 485 g/mol. The van der Waals surface area contributed by atoms with E-state index < -0.39 is 11.9 Å². The minimum absolute atomic E-state index is 0.127. The van der Waals surface area contributed by atoms with E-state index in [9.17, 15) is 19.4 Å². The maximum Gasteiger partial charge on any atom is 0.332 e. The number of benzene rings is 2. The Morgan fingerprint density at radius 3 is 2.47 bits per heavy atom. The number of nitrogens with zero attached hydrogens (tertiary/aromatic N) is 4. The second-order valence-corrected chi connectivity index (χ2v) is 9.01. The van der Waals surface area contributed by atoms with E-state index in [2.05, 4.69) is 4.98 Å². The fourth-order valence-corrected chi connectivity index (χ4v) is 4.51. The number of aromatic nitrogens is 3. The summed E-state index contributed by atoms with van der Waals surface area (Å²) in [5, 5.41) is 21.3. The Balaban J connectivity index is 1.55. The summed E-state index contributed by atoms with van der Waals surface area (Å²) in [5.74, 6) is -0.118. The second-order valence-electron chi connectivity index (χ2n) is 8.61. The number of nitrogens with two attached hydrogens (primary N) is 1. The quantitative estimate of drug-likeness (QED) is 0.388. The highest BCUT2D eigenvalue weighted by molar-refractivity contribution is 6.32. The van der Waals surface area contributed by atoms with Crippen LogP contribution in [0.1, 0.15) is 6.42 Å². The van der Waals surface area contributed by atoms with E-state index in [1.165, 1.54) is 21.3 Å². The molecule has 0 unspecified atom stereocenters. The van der Waals surface area contributed by atoms with Gasteiger partial charge in [-0.15, -0.1) is 0 Å². The van der Waals surface area contributed by atoms with E-state index >= 15 is 0 Å². The number of pyridine rings is 1. The van der Waals surface area contributed by atoms with Crippen LogP contribution in [0.15, 0.2) is 77.7 Å². The van der Waals surface area contributed by atoms with Crippen molar-refractivity contribution in [1.82, 2.24) is 14.1 Å². The first kappa shape index (κ1) is 23.7. The van der Waals surface area contributed by atoms with Crippen LogP contribution in [0.5, 0.6) is 5.75 Å². The molecule has 1 atom stereocenters. The first-order chi connectivity index (χ1) is 17.2. The molecule has 10 heteroatoms.